The van der Waals surface area contributed by atoms with Crippen LogP contribution in [0.2, 0.25) is 10.0 Å². The summed E-state index contributed by atoms with van der Waals surface area (Å²) in [7, 11) is 3.10. The summed E-state index contributed by atoms with van der Waals surface area (Å²) in [5.74, 6) is 1.00. The van der Waals surface area contributed by atoms with E-state index in [9.17, 15) is 4.79 Å². The Kier molecular flexibility index (Phi) is 5.91. The second-order valence-corrected chi connectivity index (χ2v) is 6.69. The molecule has 0 N–H and O–H groups in total. The predicted molar refractivity (Wildman–Crippen MR) is 101 cm³/mol. The van der Waals surface area contributed by atoms with E-state index in [1.807, 2.05) is 6.07 Å². The zero-order valence-electron chi connectivity index (χ0n) is 14.5. The molecule has 2 aromatic carbocycles. The maximum Gasteiger partial charge on any atom is 0.254 e. The van der Waals surface area contributed by atoms with Gasteiger partial charge in [-0.15, -0.1) is 0 Å². The molecule has 0 saturated carbocycles. The van der Waals surface area contributed by atoms with Crippen LogP contribution in [0, 0.1) is 0 Å². The molecule has 1 saturated heterocycles. The smallest absolute Gasteiger partial charge is 0.254 e. The number of hydrogen-bond donors (Lipinski definition) is 0. The summed E-state index contributed by atoms with van der Waals surface area (Å²) in [5, 5.41) is 1.09. The number of carbonyl (C=O) groups is 1. The van der Waals surface area contributed by atoms with Gasteiger partial charge < -0.3 is 19.1 Å². The van der Waals surface area contributed by atoms with Crippen LogP contribution in [0.3, 0.4) is 0 Å². The molecular formula is C19H19Cl2NO4. The van der Waals surface area contributed by atoms with Gasteiger partial charge in [-0.25, -0.2) is 0 Å². The zero-order valence-corrected chi connectivity index (χ0v) is 16.0. The maximum absolute atomic E-state index is 12.9. The molecule has 1 unspecified atom stereocenters. The van der Waals surface area contributed by atoms with Gasteiger partial charge in [0.05, 0.1) is 27.4 Å². The highest BCUT2D eigenvalue weighted by Gasteiger charge is 2.28. The molecule has 1 aliphatic heterocycles. The average molecular weight is 396 g/mol. The van der Waals surface area contributed by atoms with Crippen molar-refractivity contribution in [3.8, 4) is 11.5 Å². The van der Waals surface area contributed by atoms with Crippen molar-refractivity contribution >= 4 is 29.1 Å². The Morgan fingerprint density at radius 1 is 1.12 bits per heavy atom. The molecule has 1 fully saturated rings. The fraction of sp³-hybridized carbons (Fsp3) is 0.316. The second kappa shape index (κ2) is 8.16. The fourth-order valence-electron chi connectivity index (χ4n) is 2.94. The monoisotopic (exact) mass is 395 g/mol. The van der Waals surface area contributed by atoms with Gasteiger partial charge in [-0.3, -0.25) is 4.79 Å². The van der Waals surface area contributed by atoms with Crippen LogP contribution in [0.15, 0.2) is 36.4 Å². The number of rotatable bonds is 4. The molecule has 0 bridgehead atoms. The number of hydrogen-bond acceptors (Lipinski definition) is 4. The van der Waals surface area contributed by atoms with Gasteiger partial charge in [0.2, 0.25) is 0 Å². The van der Waals surface area contributed by atoms with Crippen molar-refractivity contribution in [2.45, 2.75) is 6.10 Å². The minimum absolute atomic E-state index is 0.0932. The van der Waals surface area contributed by atoms with Crippen LogP contribution in [0.25, 0.3) is 0 Å². The third kappa shape index (κ3) is 3.90. The third-order valence-electron chi connectivity index (χ3n) is 4.29. The van der Waals surface area contributed by atoms with Gasteiger partial charge in [0.25, 0.3) is 5.91 Å². The van der Waals surface area contributed by atoms with Gasteiger partial charge in [-0.05, 0) is 30.3 Å². The van der Waals surface area contributed by atoms with Gasteiger partial charge in [0.1, 0.15) is 6.10 Å². The first-order chi connectivity index (χ1) is 12.5. The lowest BCUT2D eigenvalue weighted by Crippen LogP contribution is -2.42. The number of methoxy groups -OCH3 is 2. The lowest BCUT2D eigenvalue weighted by molar-refractivity contribution is -0.0227. The van der Waals surface area contributed by atoms with Crippen molar-refractivity contribution in [1.29, 1.82) is 0 Å². The van der Waals surface area contributed by atoms with Crippen molar-refractivity contribution in [3.63, 3.8) is 0 Å². The summed E-state index contributed by atoms with van der Waals surface area (Å²) in [6.45, 7) is 1.35. The number of carbonyl (C=O) groups excluding carboxylic acids is 1. The maximum atomic E-state index is 12.9. The van der Waals surface area contributed by atoms with E-state index in [2.05, 4.69) is 0 Å². The van der Waals surface area contributed by atoms with Crippen LogP contribution in [0.5, 0.6) is 11.5 Å². The van der Waals surface area contributed by atoms with Crippen molar-refractivity contribution in [2.24, 2.45) is 0 Å². The van der Waals surface area contributed by atoms with Crippen LogP contribution in [-0.4, -0.2) is 44.7 Å². The summed E-state index contributed by atoms with van der Waals surface area (Å²) in [6.07, 6.45) is -0.294. The molecule has 0 radical (unpaired) electrons. The molecule has 0 aromatic heterocycles. The number of halogens is 2. The van der Waals surface area contributed by atoms with E-state index in [0.29, 0.717) is 46.8 Å². The van der Waals surface area contributed by atoms with Crippen LogP contribution in [0.4, 0.5) is 0 Å². The number of morpholine rings is 1. The van der Waals surface area contributed by atoms with Gasteiger partial charge in [0.15, 0.2) is 11.5 Å². The summed E-state index contributed by atoms with van der Waals surface area (Å²) in [5.41, 5.74) is 1.35. The SMILES string of the molecule is COc1ccc(C(=O)N2CCOC(c3ccc(Cl)cc3Cl)C2)cc1OC. The Morgan fingerprint density at radius 3 is 2.58 bits per heavy atom. The summed E-state index contributed by atoms with van der Waals surface area (Å²) < 4.78 is 16.3. The van der Waals surface area contributed by atoms with Crippen molar-refractivity contribution in [2.75, 3.05) is 33.9 Å². The van der Waals surface area contributed by atoms with Crippen molar-refractivity contribution in [1.82, 2.24) is 4.90 Å². The molecule has 138 valence electrons. The first-order valence-corrected chi connectivity index (χ1v) is 8.87. The van der Waals surface area contributed by atoms with Crippen LogP contribution in [-0.2, 0) is 4.74 Å². The number of amides is 1. The lowest BCUT2D eigenvalue weighted by atomic mass is 10.1. The summed E-state index contributed by atoms with van der Waals surface area (Å²) in [6, 6.07) is 10.4. The number of benzene rings is 2. The molecule has 1 heterocycles. The van der Waals surface area contributed by atoms with Gasteiger partial charge in [-0.2, -0.15) is 0 Å². The fourth-order valence-corrected chi connectivity index (χ4v) is 3.47. The Morgan fingerprint density at radius 2 is 1.88 bits per heavy atom. The normalized spacial score (nSPS) is 17.1. The quantitative estimate of drug-likeness (QED) is 0.777. The van der Waals surface area contributed by atoms with E-state index < -0.39 is 0 Å². The Hall–Kier alpha value is -1.95. The third-order valence-corrected chi connectivity index (χ3v) is 4.86. The van der Waals surface area contributed by atoms with Gasteiger partial charge >= 0.3 is 0 Å². The number of nitrogens with zero attached hydrogens (tertiary/aromatic N) is 1. The minimum atomic E-state index is -0.294. The van der Waals surface area contributed by atoms with E-state index in [-0.39, 0.29) is 12.0 Å². The topological polar surface area (TPSA) is 48.0 Å². The first kappa shape index (κ1) is 18.8. The Labute approximate surface area is 162 Å². The molecule has 1 aliphatic rings. The molecule has 1 atom stereocenters. The standard InChI is InChI=1S/C19H19Cl2NO4/c1-24-16-6-3-12(9-17(16)25-2)19(23)22-7-8-26-18(11-22)14-5-4-13(20)10-15(14)21/h3-6,9-10,18H,7-8,11H2,1-2H3. The molecule has 26 heavy (non-hydrogen) atoms. The van der Waals surface area contributed by atoms with Crippen LogP contribution >= 0.6 is 23.2 Å². The first-order valence-electron chi connectivity index (χ1n) is 8.11. The van der Waals surface area contributed by atoms with E-state index in [4.69, 9.17) is 37.4 Å². The molecule has 0 aliphatic carbocycles. The Balaban J connectivity index is 1.80. The summed E-state index contributed by atoms with van der Waals surface area (Å²) in [4.78, 5) is 14.7. The Bertz CT molecular complexity index is 812. The van der Waals surface area contributed by atoms with Crippen LogP contribution < -0.4 is 9.47 Å². The highest BCUT2D eigenvalue weighted by Crippen LogP contribution is 2.32. The van der Waals surface area contributed by atoms with E-state index in [1.54, 1.807) is 49.5 Å². The lowest BCUT2D eigenvalue weighted by Gasteiger charge is -2.33. The van der Waals surface area contributed by atoms with Crippen LogP contribution in [0.1, 0.15) is 22.0 Å². The molecule has 7 heteroatoms. The highest BCUT2D eigenvalue weighted by atomic mass is 35.5. The van der Waals surface area contributed by atoms with E-state index >= 15 is 0 Å². The van der Waals surface area contributed by atoms with Gasteiger partial charge in [0, 0.05) is 27.7 Å². The molecule has 3 rings (SSSR count). The minimum Gasteiger partial charge on any atom is -0.493 e. The van der Waals surface area contributed by atoms with Gasteiger partial charge in [-0.1, -0.05) is 29.3 Å². The zero-order chi connectivity index (χ0) is 18.7. The van der Waals surface area contributed by atoms with Crippen molar-refractivity contribution < 1.29 is 19.0 Å². The van der Waals surface area contributed by atoms with E-state index in [0.717, 1.165) is 5.56 Å². The number of ether oxygens (including phenoxy) is 3. The molecule has 0 spiro atoms. The van der Waals surface area contributed by atoms with E-state index in [1.165, 1.54) is 0 Å². The van der Waals surface area contributed by atoms with Crippen molar-refractivity contribution in [3.05, 3.63) is 57.6 Å². The summed E-state index contributed by atoms with van der Waals surface area (Å²) >= 11 is 12.2. The predicted octanol–water partition coefficient (Wildman–Crippen LogP) is 4.22. The molecule has 5 nitrogen and oxygen atoms in total. The highest BCUT2D eigenvalue weighted by molar-refractivity contribution is 6.35. The average Bonchev–Trinajstić information content (AvgIpc) is 2.67. The molecule has 2 aromatic rings. The largest absolute Gasteiger partial charge is 0.493 e. The second-order valence-electron chi connectivity index (χ2n) is 5.85. The molecule has 1 amide bonds. The molecular weight excluding hydrogens is 377 g/mol.